The summed E-state index contributed by atoms with van der Waals surface area (Å²) in [5.74, 6) is 0.983. The van der Waals surface area contributed by atoms with Crippen LogP contribution in [0, 0.1) is 12.3 Å². The van der Waals surface area contributed by atoms with Crippen LogP contribution in [0.4, 0.5) is 0 Å². The van der Waals surface area contributed by atoms with Crippen molar-refractivity contribution in [2.24, 2.45) is 11.1 Å². The molecule has 3 N–H and O–H groups in total. The third-order valence-electron chi connectivity index (χ3n) is 4.49. The van der Waals surface area contributed by atoms with Crippen molar-refractivity contribution in [3.63, 3.8) is 0 Å². The maximum Gasteiger partial charge on any atom is 0.122 e. The van der Waals surface area contributed by atoms with Crippen LogP contribution in [-0.4, -0.2) is 20.2 Å². The monoisotopic (exact) mass is 262 g/mol. The molecule has 0 radical (unpaired) electrons. The zero-order chi connectivity index (χ0) is 13.9. The van der Waals surface area contributed by atoms with Gasteiger partial charge in [0.15, 0.2) is 0 Å². The molecule has 3 nitrogen and oxygen atoms in total. The largest absolute Gasteiger partial charge is 0.494 e. The first kappa shape index (κ1) is 14.4. The molecule has 1 aliphatic carbocycles. The lowest BCUT2D eigenvalue weighted by atomic mass is 9.62. The van der Waals surface area contributed by atoms with Crippen molar-refractivity contribution in [3.05, 3.63) is 29.3 Å². The molecule has 0 saturated heterocycles. The van der Waals surface area contributed by atoms with Crippen molar-refractivity contribution in [3.8, 4) is 5.75 Å². The molecule has 2 rings (SSSR count). The first-order valence-electron chi connectivity index (χ1n) is 7.27. The minimum Gasteiger partial charge on any atom is -0.494 e. The summed E-state index contributed by atoms with van der Waals surface area (Å²) in [7, 11) is 2.03. The fraction of sp³-hybridized carbons (Fsp3) is 0.625. The summed E-state index contributed by atoms with van der Waals surface area (Å²) in [4.78, 5) is 0. The number of rotatable bonds is 6. The van der Waals surface area contributed by atoms with Crippen molar-refractivity contribution in [2.45, 2.75) is 39.2 Å². The second-order valence-electron chi connectivity index (χ2n) is 5.60. The molecule has 1 atom stereocenters. The third-order valence-corrected chi connectivity index (χ3v) is 4.49. The Kier molecular flexibility index (Phi) is 4.48. The van der Waals surface area contributed by atoms with Crippen molar-refractivity contribution in [1.82, 2.24) is 5.32 Å². The SMILES string of the molecule is CCOc1ccc(C(NC)C2(CN)CCC2)cc1C. The molecule has 1 aromatic rings. The highest BCUT2D eigenvalue weighted by atomic mass is 16.5. The summed E-state index contributed by atoms with van der Waals surface area (Å²) in [6, 6.07) is 6.85. The summed E-state index contributed by atoms with van der Waals surface area (Å²) >= 11 is 0. The fourth-order valence-electron chi connectivity index (χ4n) is 3.24. The molecule has 1 aliphatic rings. The summed E-state index contributed by atoms with van der Waals surface area (Å²) in [6.07, 6.45) is 3.74. The second kappa shape index (κ2) is 5.93. The van der Waals surface area contributed by atoms with Gasteiger partial charge in [0.25, 0.3) is 0 Å². The highest BCUT2D eigenvalue weighted by Gasteiger charge is 2.42. The lowest BCUT2D eigenvalue weighted by Gasteiger charge is -2.47. The van der Waals surface area contributed by atoms with E-state index in [0.29, 0.717) is 12.6 Å². The van der Waals surface area contributed by atoms with Crippen LogP contribution in [0.2, 0.25) is 0 Å². The van der Waals surface area contributed by atoms with E-state index in [1.54, 1.807) is 0 Å². The van der Waals surface area contributed by atoms with Gasteiger partial charge in [-0.2, -0.15) is 0 Å². The molecular formula is C16H26N2O. The Balaban J connectivity index is 2.26. The molecule has 0 aromatic heterocycles. The normalized spacial score (nSPS) is 18.7. The highest BCUT2D eigenvalue weighted by Crippen LogP contribution is 2.49. The maximum absolute atomic E-state index is 6.03. The van der Waals surface area contributed by atoms with E-state index >= 15 is 0 Å². The van der Waals surface area contributed by atoms with E-state index < -0.39 is 0 Å². The number of ether oxygens (including phenoxy) is 1. The first-order valence-corrected chi connectivity index (χ1v) is 7.27. The van der Waals surface area contributed by atoms with Gasteiger partial charge < -0.3 is 15.8 Å². The van der Waals surface area contributed by atoms with Crippen LogP contribution in [0.25, 0.3) is 0 Å². The average molecular weight is 262 g/mol. The van der Waals surface area contributed by atoms with Crippen LogP contribution < -0.4 is 15.8 Å². The van der Waals surface area contributed by atoms with Gasteiger partial charge in [0, 0.05) is 11.5 Å². The van der Waals surface area contributed by atoms with Gasteiger partial charge in [-0.25, -0.2) is 0 Å². The van der Waals surface area contributed by atoms with Crippen LogP contribution in [0.5, 0.6) is 5.75 Å². The molecule has 1 aromatic carbocycles. The quantitative estimate of drug-likeness (QED) is 0.828. The summed E-state index contributed by atoms with van der Waals surface area (Å²) in [5.41, 5.74) is 8.81. The van der Waals surface area contributed by atoms with E-state index in [1.807, 2.05) is 14.0 Å². The fourth-order valence-corrected chi connectivity index (χ4v) is 3.24. The molecule has 106 valence electrons. The zero-order valence-electron chi connectivity index (χ0n) is 12.3. The minimum absolute atomic E-state index is 0.244. The number of benzene rings is 1. The van der Waals surface area contributed by atoms with Gasteiger partial charge in [-0.1, -0.05) is 18.6 Å². The van der Waals surface area contributed by atoms with Gasteiger partial charge in [0.1, 0.15) is 5.75 Å². The standard InChI is InChI=1S/C16H26N2O/c1-4-19-14-7-6-13(10-12(14)2)15(18-3)16(11-17)8-5-9-16/h6-7,10,15,18H,4-5,8-9,11,17H2,1-3H3. The van der Waals surface area contributed by atoms with Crippen LogP contribution in [0.3, 0.4) is 0 Å². The van der Waals surface area contributed by atoms with E-state index in [0.717, 1.165) is 12.3 Å². The summed E-state index contributed by atoms with van der Waals surface area (Å²) in [5, 5.41) is 3.47. The zero-order valence-corrected chi connectivity index (χ0v) is 12.3. The molecule has 0 aliphatic heterocycles. The van der Waals surface area contributed by atoms with Gasteiger partial charge in [-0.05, 0) is 57.5 Å². The first-order chi connectivity index (χ1) is 9.16. The van der Waals surface area contributed by atoms with Crippen molar-refractivity contribution < 1.29 is 4.74 Å². The lowest BCUT2D eigenvalue weighted by molar-refractivity contribution is 0.0879. The molecule has 19 heavy (non-hydrogen) atoms. The van der Waals surface area contributed by atoms with Crippen LogP contribution in [0.15, 0.2) is 18.2 Å². The third kappa shape index (κ3) is 2.63. The molecule has 0 amide bonds. The molecule has 3 heteroatoms. The second-order valence-corrected chi connectivity index (χ2v) is 5.60. The predicted octanol–water partition coefficient (Wildman–Crippen LogP) is 2.78. The Bertz CT molecular complexity index is 421. The molecule has 1 fully saturated rings. The predicted molar refractivity (Wildman–Crippen MR) is 79.5 cm³/mol. The number of nitrogens with two attached hydrogens (primary N) is 1. The van der Waals surface area contributed by atoms with Crippen LogP contribution in [0.1, 0.15) is 43.4 Å². The number of hydrogen-bond donors (Lipinski definition) is 2. The molecular weight excluding hydrogens is 236 g/mol. The summed E-state index contributed by atoms with van der Waals surface area (Å²) in [6.45, 7) is 5.59. The molecule has 1 saturated carbocycles. The van der Waals surface area contributed by atoms with Gasteiger partial charge >= 0.3 is 0 Å². The smallest absolute Gasteiger partial charge is 0.122 e. The number of nitrogens with one attached hydrogen (secondary N) is 1. The average Bonchev–Trinajstić information content (AvgIpc) is 2.36. The van der Waals surface area contributed by atoms with Crippen LogP contribution in [-0.2, 0) is 0 Å². The van der Waals surface area contributed by atoms with Crippen molar-refractivity contribution in [2.75, 3.05) is 20.2 Å². The molecule has 0 spiro atoms. The van der Waals surface area contributed by atoms with E-state index in [4.69, 9.17) is 10.5 Å². The molecule has 0 heterocycles. The molecule has 1 unspecified atom stereocenters. The van der Waals surface area contributed by atoms with Gasteiger partial charge in [-0.15, -0.1) is 0 Å². The minimum atomic E-state index is 0.244. The van der Waals surface area contributed by atoms with Crippen LogP contribution >= 0.6 is 0 Å². The Labute approximate surface area is 116 Å². The van der Waals surface area contributed by atoms with E-state index in [9.17, 15) is 0 Å². The van der Waals surface area contributed by atoms with E-state index in [1.165, 1.54) is 30.4 Å². The number of aryl methyl sites for hydroxylation is 1. The van der Waals surface area contributed by atoms with Gasteiger partial charge in [0.2, 0.25) is 0 Å². The van der Waals surface area contributed by atoms with Crippen molar-refractivity contribution in [1.29, 1.82) is 0 Å². The topological polar surface area (TPSA) is 47.3 Å². The van der Waals surface area contributed by atoms with E-state index in [-0.39, 0.29) is 5.41 Å². The number of hydrogen-bond acceptors (Lipinski definition) is 3. The van der Waals surface area contributed by atoms with Gasteiger partial charge in [-0.3, -0.25) is 0 Å². The highest BCUT2D eigenvalue weighted by molar-refractivity contribution is 5.38. The lowest BCUT2D eigenvalue weighted by Crippen LogP contribution is -2.47. The maximum atomic E-state index is 6.03. The van der Waals surface area contributed by atoms with Crippen molar-refractivity contribution >= 4 is 0 Å². The Morgan fingerprint density at radius 1 is 1.42 bits per heavy atom. The Hall–Kier alpha value is -1.06. The Morgan fingerprint density at radius 3 is 2.58 bits per heavy atom. The van der Waals surface area contributed by atoms with E-state index in [2.05, 4.69) is 30.4 Å². The summed E-state index contributed by atoms with van der Waals surface area (Å²) < 4.78 is 5.61. The Morgan fingerprint density at radius 2 is 2.16 bits per heavy atom. The van der Waals surface area contributed by atoms with Gasteiger partial charge in [0.05, 0.1) is 6.61 Å². The molecule has 0 bridgehead atoms.